The molecule has 1 aromatic heterocycles. The molecule has 1 aromatic rings. The Morgan fingerprint density at radius 2 is 2.16 bits per heavy atom. The van der Waals surface area contributed by atoms with E-state index in [1.165, 1.54) is 6.20 Å². The molecule has 19 heavy (non-hydrogen) atoms. The molecule has 0 bridgehead atoms. The summed E-state index contributed by atoms with van der Waals surface area (Å²) < 4.78 is 26.4. The summed E-state index contributed by atoms with van der Waals surface area (Å²) in [5, 5.41) is 9.75. The highest BCUT2D eigenvalue weighted by atomic mass is 32.2. The third-order valence-corrected chi connectivity index (χ3v) is 5.48. The van der Waals surface area contributed by atoms with E-state index < -0.39 is 22.0 Å². The van der Waals surface area contributed by atoms with Crippen molar-refractivity contribution in [2.24, 2.45) is 5.92 Å². The lowest BCUT2D eigenvalue weighted by Crippen LogP contribution is -2.41. The largest absolute Gasteiger partial charge is 0.480 e. The van der Waals surface area contributed by atoms with Gasteiger partial charge < -0.3 is 5.11 Å². The fraction of sp³-hybridized carbons (Fsp3) is 0.636. The number of nitrogens with zero attached hydrogens (tertiary/aromatic N) is 1. The van der Waals surface area contributed by atoms with Gasteiger partial charge >= 0.3 is 5.97 Å². The fourth-order valence-electron chi connectivity index (χ4n) is 1.50. The maximum atomic E-state index is 12.1. The first-order valence-electron chi connectivity index (χ1n) is 5.96. The lowest BCUT2D eigenvalue weighted by Gasteiger charge is -2.15. The average Bonchev–Trinajstić information content (AvgIpc) is 2.76. The number of sulfonamides is 1. The predicted molar refractivity (Wildman–Crippen MR) is 72.7 cm³/mol. The first kappa shape index (κ1) is 16.1. The van der Waals surface area contributed by atoms with Gasteiger partial charge in [-0.25, -0.2) is 13.4 Å². The molecule has 1 unspecified atom stereocenters. The number of aliphatic carboxylic acids is 1. The number of nitrogens with one attached hydrogen (secondary N) is 1. The molecule has 8 heteroatoms. The Morgan fingerprint density at radius 3 is 2.58 bits per heavy atom. The normalized spacial score (nSPS) is 13.7. The predicted octanol–water partition coefficient (Wildman–Crippen LogP) is 1.48. The molecule has 1 atom stereocenters. The van der Waals surface area contributed by atoms with Crippen LogP contribution in [0, 0.1) is 5.92 Å². The first-order valence-corrected chi connectivity index (χ1v) is 8.26. The molecule has 1 rings (SSSR count). The summed E-state index contributed by atoms with van der Waals surface area (Å²) in [5.41, 5.74) is 0. The molecule has 0 saturated heterocycles. The van der Waals surface area contributed by atoms with E-state index in [9.17, 15) is 13.2 Å². The Labute approximate surface area is 116 Å². The van der Waals surface area contributed by atoms with E-state index in [0.29, 0.717) is 11.4 Å². The Morgan fingerprint density at radius 1 is 1.53 bits per heavy atom. The molecule has 0 spiro atoms. The topological polar surface area (TPSA) is 96.4 Å². The second-order valence-electron chi connectivity index (χ2n) is 4.57. The zero-order valence-electron chi connectivity index (χ0n) is 11.1. The minimum atomic E-state index is -3.81. The Bertz CT molecular complexity index is 537. The van der Waals surface area contributed by atoms with Gasteiger partial charge in [0.05, 0.1) is 11.2 Å². The minimum Gasteiger partial charge on any atom is -0.480 e. The number of hydrogen-bond acceptors (Lipinski definition) is 5. The van der Waals surface area contributed by atoms with Crippen LogP contribution in [-0.2, 0) is 21.2 Å². The molecule has 0 radical (unpaired) electrons. The number of rotatable bonds is 7. The third kappa shape index (κ3) is 4.55. The summed E-state index contributed by atoms with van der Waals surface area (Å²) in [5.74, 6) is -1.09. The summed E-state index contributed by atoms with van der Waals surface area (Å²) >= 11 is 1.06. The van der Waals surface area contributed by atoms with E-state index in [2.05, 4.69) is 9.71 Å². The average molecular weight is 306 g/mol. The van der Waals surface area contributed by atoms with Gasteiger partial charge in [0.2, 0.25) is 0 Å². The van der Waals surface area contributed by atoms with Gasteiger partial charge in [-0.05, 0) is 18.8 Å². The van der Waals surface area contributed by atoms with Crippen molar-refractivity contribution < 1.29 is 18.3 Å². The van der Waals surface area contributed by atoms with E-state index in [0.717, 1.165) is 11.3 Å². The third-order valence-electron chi connectivity index (χ3n) is 2.40. The number of hydrogen-bond donors (Lipinski definition) is 2. The summed E-state index contributed by atoms with van der Waals surface area (Å²) in [4.78, 5) is 15.0. The van der Waals surface area contributed by atoms with E-state index in [1.807, 2.05) is 20.8 Å². The van der Waals surface area contributed by atoms with Crippen LogP contribution in [0.2, 0.25) is 0 Å². The van der Waals surface area contributed by atoms with Gasteiger partial charge in [0.15, 0.2) is 4.21 Å². The molecule has 2 N–H and O–H groups in total. The lowest BCUT2D eigenvalue weighted by atomic mass is 10.1. The summed E-state index contributed by atoms with van der Waals surface area (Å²) in [7, 11) is -3.81. The van der Waals surface area contributed by atoms with Crippen LogP contribution in [0.25, 0.3) is 0 Å². The van der Waals surface area contributed by atoms with Crippen LogP contribution in [0.4, 0.5) is 0 Å². The highest BCUT2D eigenvalue weighted by molar-refractivity contribution is 7.91. The van der Waals surface area contributed by atoms with Crippen molar-refractivity contribution in [3.05, 3.63) is 11.2 Å². The first-order chi connectivity index (χ1) is 8.76. The number of aromatic nitrogens is 1. The van der Waals surface area contributed by atoms with Crippen LogP contribution in [0.15, 0.2) is 10.4 Å². The van der Waals surface area contributed by atoms with Gasteiger partial charge in [-0.15, -0.1) is 11.3 Å². The van der Waals surface area contributed by atoms with E-state index >= 15 is 0 Å². The van der Waals surface area contributed by atoms with E-state index in [-0.39, 0.29) is 16.5 Å². The molecule has 0 aliphatic heterocycles. The monoisotopic (exact) mass is 306 g/mol. The Hall–Kier alpha value is -0.990. The maximum Gasteiger partial charge on any atom is 0.321 e. The van der Waals surface area contributed by atoms with Crippen molar-refractivity contribution >= 4 is 27.3 Å². The second kappa shape index (κ2) is 6.44. The van der Waals surface area contributed by atoms with Crippen molar-refractivity contribution in [1.29, 1.82) is 0 Å². The number of carboxylic acids is 1. The van der Waals surface area contributed by atoms with Gasteiger partial charge in [-0.1, -0.05) is 20.8 Å². The van der Waals surface area contributed by atoms with E-state index in [1.54, 1.807) is 0 Å². The number of aryl methyl sites for hydroxylation is 1. The van der Waals surface area contributed by atoms with Crippen molar-refractivity contribution in [2.45, 2.75) is 43.9 Å². The number of carbonyl (C=O) groups is 1. The number of carboxylic acid groups (broad SMARTS) is 1. The van der Waals surface area contributed by atoms with Crippen molar-refractivity contribution in [2.75, 3.05) is 0 Å². The minimum absolute atomic E-state index is 0.0550. The van der Waals surface area contributed by atoms with Crippen LogP contribution in [0.1, 0.15) is 32.2 Å². The molecule has 6 nitrogen and oxygen atoms in total. The zero-order chi connectivity index (χ0) is 14.6. The van der Waals surface area contributed by atoms with Crippen LogP contribution in [0.3, 0.4) is 0 Å². The van der Waals surface area contributed by atoms with Gasteiger partial charge in [-0.2, -0.15) is 4.72 Å². The highest BCUT2D eigenvalue weighted by Crippen LogP contribution is 2.20. The standard InChI is InChI=1S/C11H18N2O4S2/c1-4-9-12-6-10(18-9)19(16,17)13-8(11(14)15)5-7(2)3/h6-8,13H,4-5H2,1-3H3,(H,14,15). The Balaban J connectivity index is 2.90. The van der Waals surface area contributed by atoms with Crippen LogP contribution < -0.4 is 4.72 Å². The van der Waals surface area contributed by atoms with Crippen LogP contribution in [0.5, 0.6) is 0 Å². The second-order valence-corrected chi connectivity index (χ2v) is 7.62. The van der Waals surface area contributed by atoms with Gasteiger partial charge in [0, 0.05) is 0 Å². The SMILES string of the molecule is CCc1ncc(S(=O)(=O)NC(CC(C)C)C(=O)O)s1. The van der Waals surface area contributed by atoms with Gasteiger partial charge in [0.1, 0.15) is 6.04 Å². The zero-order valence-corrected chi connectivity index (χ0v) is 12.7. The molecule has 0 aliphatic carbocycles. The lowest BCUT2D eigenvalue weighted by molar-refractivity contribution is -0.139. The molecular formula is C11H18N2O4S2. The van der Waals surface area contributed by atoms with Crippen molar-refractivity contribution in [3.63, 3.8) is 0 Å². The molecule has 1 heterocycles. The molecule has 0 fully saturated rings. The molecule has 0 amide bonds. The molecule has 108 valence electrons. The summed E-state index contributed by atoms with van der Waals surface area (Å²) in [6.45, 7) is 5.56. The van der Waals surface area contributed by atoms with Crippen LogP contribution >= 0.6 is 11.3 Å². The smallest absolute Gasteiger partial charge is 0.321 e. The molecule has 0 aromatic carbocycles. The fourth-order valence-corrected chi connectivity index (χ4v) is 3.84. The highest BCUT2D eigenvalue weighted by Gasteiger charge is 2.27. The molecular weight excluding hydrogens is 288 g/mol. The molecule has 0 saturated carbocycles. The number of thiazole rings is 1. The summed E-state index contributed by atoms with van der Waals surface area (Å²) in [6.07, 6.45) is 2.16. The molecule has 0 aliphatic rings. The Kier molecular flexibility index (Phi) is 5.45. The van der Waals surface area contributed by atoms with E-state index in [4.69, 9.17) is 5.11 Å². The summed E-state index contributed by atoms with van der Waals surface area (Å²) in [6, 6.07) is -1.11. The quantitative estimate of drug-likeness (QED) is 0.795. The van der Waals surface area contributed by atoms with Crippen LogP contribution in [-0.4, -0.2) is 30.5 Å². The van der Waals surface area contributed by atoms with Crippen molar-refractivity contribution in [1.82, 2.24) is 9.71 Å². The van der Waals surface area contributed by atoms with Gasteiger partial charge in [0.25, 0.3) is 10.0 Å². The van der Waals surface area contributed by atoms with Crippen molar-refractivity contribution in [3.8, 4) is 0 Å². The van der Waals surface area contributed by atoms with Gasteiger partial charge in [-0.3, -0.25) is 4.79 Å². The maximum absolute atomic E-state index is 12.1.